The van der Waals surface area contributed by atoms with Gasteiger partial charge in [0.2, 0.25) is 0 Å². The van der Waals surface area contributed by atoms with Crippen LogP contribution in [-0.4, -0.2) is 29.8 Å². The average Bonchev–Trinajstić information content (AvgIpc) is 2.72. The molecule has 0 saturated carbocycles. The highest BCUT2D eigenvalue weighted by molar-refractivity contribution is 5.95. The van der Waals surface area contributed by atoms with Gasteiger partial charge >= 0.3 is 12.1 Å². The van der Waals surface area contributed by atoms with E-state index < -0.39 is 18.1 Å². The van der Waals surface area contributed by atoms with Crippen LogP contribution in [0.15, 0.2) is 18.2 Å². The molecule has 20 heavy (non-hydrogen) atoms. The van der Waals surface area contributed by atoms with Gasteiger partial charge in [0.05, 0.1) is 6.61 Å². The van der Waals surface area contributed by atoms with Gasteiger partial charge in [-0.05, 0) is 43.9 Å². The Balaban J connectivity index is 1.86. The van der Waals surface area contributed by atoms with Crippen LogP contribution in [0.25, 0.3) is 0 Å². The Bertz CT molecular complexity index is 514. The van der Waals surface area contributed by atoms with Crippen LogP contribution in [0.5, 0.6) is 11.5 Å². The highest BCUT2D eigenvalue weighted by Crippen LogP contribution is 2.27. The van der Waals surface area contributed by atoms with Crippen molar-refractivity contribution in [2.24, 2.45) is 0 Å². The molecule has 0 aliphatic carbocycles. The summed E-state index contributed by atoms with van der Waals surface area (Å²) in [7, 11) is 0. The van der Waals surface area contributed by atoms with Gasteiger partial charge in [-0.3, -0.25) is 0 Å². The lowest BCUT2D eigenvalue weighted by molar-refractivity contribution is -0.135. The topological polar surface area (TPSA) is 84.9 Å². The molecule has 6 heteroatoms. The first-order valence-electron chi connectivity index (χ1n) is 6.57. The number of nitrogens with one attached hydrogen (secondary N) is 1. The number of aryl methyl sites for hydroxylation is 1. The predicted octanol–water partition coefficient (Wildman–Crippen LogP) is 1.75. The van der Waals surface area contributed by atoms with Gasteiger partial charge in [-0.1, -0.05) is 6.07 Å². The lowest BCUT2D eigenvalue weighted by Gasteiger charge is -2.09. The SMILES string of the molecule is CCOc1cc(CCCC2NC(=O)OC2=O)ccc1O. The number of phenolic OH excluding ortho intramolecular Hbond substituents is 1. The summed E-state index contributed by atoms with van der Waals surface area (Å²) in [5.74, 6) is 0.0523. The van der Waals surface area contributed by atoms with Crippen molar-refractivity contribution in [3.05, 3.63) is 23.8 Å². The molecule has 1 heterocycles. The van der Waals surface area contributed by atoms with E-state index in [0.29, 0.717) is 18.8 Å². The lowest BCUT2D eigenvalue weighted by Crippen LogP contribution is -2.28. The minimum Gasteiger partial charge on any atom is -0.504 e. The van der Waals surface area contributed by atoms with E-state index in [1.807, 2.05) is 13.0 Å². The van der Waals surface area contributed by atoms with Gasteiger partial charge in [-0.2, -0.15) is 0 Å². The Hall–Kier alpha value is -2.24. The summed E-state index contributed by atoms with van der Waals surface area (Å²) in [6, 6.07) is 4.63. The number of hydrogen-bond acceptors (Lipinski definition) is 5. The number of amides is 1. The highest BCUT2D eigenvalue weighted by Gasteiger charge is 2.31. The molecule has 1 aliphatic rings. The Morgan fingerprint density at radius 3 is 2.85 bits per heavy atom. The number of aromatic hydroxyl groups is 1. The second-order valence-electron chi connectivity index (χ2n) is 4.53. The summed E-state index contributed by atoms with van der Waals surface area (Å²) in [6.07, 6.45) is 1.29. The van der Waals surface area contributed by atoms with Gasteiger partial charge in [0.25, 0.3) is 0 Å². The number of rotatable bonds is 6. The van der Waals surface area contributed by atoms with Gasteiger partial charge in [-0.25, -0.2) is 9.59 Å². The van der Waals surface area contributed by atoms with Crippen LogP contribution in [0, 0.1) is 0 Å². The maximum atomic E-state index is 11.3. The van der Waals surface area contributed by atoms with Crippen LogP contribution >= 0.6 is 0 Å². The molecule has 2 rings (SSSR count). The van der Waals surface area contributed by atoms with Crippen LogP contribution in [0.4, 0.5) is 4.79 Å². The normalized spacial score (nSPS) is 17.8. The van der Waals surface area contributed by atoms with Crippen molar-refractivity contribution < 1.29 is 24.2 Å². The van der Waals surface area contributed by atoms with E-state index in [4.69, 9.17) is 4.74 Å². The number of carbonyl (C=O) groups excluding carboxylic acids is 2. The molecule has 0 bridgehead atoms. The maximum absolute atomic E-state index is 11.3. The van der Waals surface area contributed by atoms with E-state index in [0.717, 1.165) is 18.4 Å². The monoisotopic (exact) mass is 279 g/mol. The maximum Gasteiger partial charge on any atom is 0.415 e. The van der Waals surface area contributed by atoms with Crippen molar-refractivity contribution in [2.45, 2.75) is 32.2 Å². The molecule has 1 fully saturated rings. The summed E-state index contributed by atoms with van der Waals surface area (Å²) in [6.45, 7) is 2.33. The first kappa shape index (κ1) is 14.2. The summed E-state index contributed by atoms with van der Waals surface area (Å²) in [5.41, 5.74) is 1.00. The van der Waals surface area contributed by atoms with E-state index in [9.17, 15) is 14.7 Å². The Labute approximate surface area is 116 Å². The third-order valence-electron chi connectivity index (χ3n) is 3.05. The Morgan fingerprint density at radius 2 is 2.20 bits per heavy atom. The van der Waals surface area contributed by atoms with Crippen LogP contribution < -0.4 is 10.1 Å². The second-order valence-corrected chi connectivity index (χ2v) is 4.53. The van der Waals surface area contributed by atoms with Crippen LogP contribution in [0.1, 0.15) is 25.3 Å². The van der Waals surface area contributed by atoms with E-state index in [2.05, 4.69) is 10.1 Å². The number of esters is 1. The predicted molar refractivity (Wildman–Crippen MR) is 70.6 cm³/mol. The van der Waals surface area contributed by atoms with Crippen molar-refractivity contribution in [2.75, 3.05) is 6.61 Å². The van der Waals surface area contributed by atoms with Gasteiger partial charge in [-0.15, -0.1) is 0 Å². The molecule has 1 amide bonds. The highest BCUT2D eigenvalue weighted by atomic mass is 16.6. The number of carbonyl (C=O) groups is 2. The van der Waals surface area contributed by atoms with Crippen molar-refractivity contribution in [1.82, 2.24) is 5.32 Å². The molecule has 1 atom stereocenters. The average molecular weight is 279 g/mol. The molecular formula is C14H17NO5. The molecule has 1 unspecified atom stereocenters. The zero-order valence-electron chi connectivity index (χ0n) is 11.2. The Morgan fingerprint density at radius 1 is 1.40 bits per heavy atom. The second kappa shape index (κ2) is 6.27. The van der Waals surface area contributed by atoms with Crippen molar-refractivity contribution in [3.8, 4) is 11.5 Å². The molecule has 2 N–H and O–H groups in total. The van der Waals surface area contributed by atoms with Gasteiger partial charge in [0.15, 0.2) is 11.5 Å². The molecular weight excluding hydrogens is 262 g/mol. The molecule has 1 saturated heterocycles. The zero-order chi connectivity index (χ0) is 14.5. The first-order valence-corrected chi connectivity index (χ1v) is 6.57. The standard InChI is InChI=1S/C14H17NO5/c1-2-19-12-8-9(6-7-11(12)16)4-3-5-10-13(17)20-14(18)15-10/h6-8,10,16H,2-5H2,1H3,(H,15,18). The summed E-state index contributed by atoms with van der Waals surface area (Å²) in [5, 5.41) is 12.0. The first-order chi connectivity index (χ1) is 9.60. The Kier molecular flexibility index (Phi) is 4.45. The molecule has 1 aliphatic heterocycles. The van der Waals surface area contributed by atoms with Crippen LogP contribution in [0.2, 0.25) is 0 Å². The smallest absolute Gasteiger partial charge is 0.415 e. The number of cyclic esters (lactones) is 2. The molecule has 0 aromatic heterocycles. The molecule has 108 valence electrons. The fraction of sp³-hybridized carbons (Fsp3) is 0.429. The van der Waals surface area contributed by atoms with E-state index in [-0.39, 0.29) is 5.75 Å². The van der Waals surface area contributed by atoms with E-state index >= 15 is 0 Å². The fourth-order valence-corrected chi connectivity index (χ4v) is 2.08. The number of benzene rings is 1. The van der Waals surface area contributed by atoms with Gasteiger partial charge < -0.3 is 19.9 Å². The summed E-state index contributed by atoms with van der Waals surface area (Å²) >= 11 is 0. The number of phenols is 1. The lowest BCUT2D eigenvalue weighted by atomic mass is 10.0. The number of hydrogen-bond donors (Lipinski definition) is 2. The van der Waals surface area contributed by atoms with E-state index in [1.54, 1.807) is 12.1 Å². The minimum absolute atomic E-state index is 0.113. The van der Waals surface area contributed by atoms with Gasteiger partial charge in [0, 0.05) is 0 Å². The van der Waals surface area contributed by atoms with Gasteiger partial charge in [0.1, 0.15) is 6.04 Å². The third kappa shape index (κ3) is 3.40. The molecule has 6 nitrogen and oxygen atoms in total. The number of alkyl carbamates (subject to hydrolysis) is 1. The van der Waals surface area contributed by atoms with Crippen molar-refractivity contribution in [3.63, 3.8) is 0 Å². The fourth-order valence-electron chi connectivity index (χ4n) is 2.08. The molecule has 1 aromatic carbocycles. The quantitative estimate of drug-likeness (QED) is 0.612. The van der Waals surface area contributed by atoms with Crippen molar-refractivity contribution in [1.29, 1.82) is 0 Å². The molecule has 0 spiro atoms. The summed E-state index contributed by atoms with van der Waals surface area (Å²) in [4.78, 5) is 22.1. The number of ether oxygens (including phenoxy) is 2. The van der Waals surface area contributed by atoms with Crippen LogP contribution in [0.3, 0.4) is 0 Å². The summed E-state index contributed by atoms with van der Waals surface area (Å²) < 4.78 is 9.71. The third-order valence-corrected chi connectivity index (χ3v) is 3.05. The zero-order valence-corrected chi connectivity index (χ0v) is 11.2. The minimum atomic E-state index is -0.678. The molecule has 0 radical (unpaired) electrons. The van der Waals surface area contributed by atoms with Crippen LogP contribution in [-0.2, 0) is 16.0 Å². The largest absolute Gasteiger partial charge is 0.504 e. The molecule has 1 aromatic rings. The van der Waals surface area contributed by atoms with E-state index in [1.165, 1.54) is 0 Å². The van der Waals surface area contributed by atoms with Crippen molar-refractivity contribution >= 4 is 12.1 Å².